The van der Waals surface area contributed by atoms with E-state index in [9.17, 15) is 4.79 Å². The van der Waals surface area contributed by atoms with Crippen LogP contribution in [0.5, 0.6) is 0 Å². The van der Waals surface area contributed by atoms with E-state index in [0.29, 0.717) is 40.6 Å². The van der Waals surface area contributed by atoms with Gasteiger partial charge in [0.15, 0.2) is 0 Å². The molecule has 0 aliphatic carbocycles. The molecular weight excluding hydrogens is 432 g/mol. The molecule has 1 amide bonds. The van der Waals surface area contributed by atoms with Gasteiger partial charge in [-0.1, -0.05) is 30.3 Å². The highest BCUT2D eigenvalue weighted by molar-refractivity contribution is 9.10. The van der Waals surface area contributed by atoms with Gasteiger partial charge in [-0.15, -0.1) is 0 Å². The van der Waals surface area contributed by atoms with E-state index in [2.05, 4.69) is 41.2 Å². The first-order chi connectivity index (χ1) is 14.0. The van der Waals surface area contributed by atoms with Crippen molar-refractivity contribution >= 4 is 27.7 Å². The average molecular weight is 455 g/mol. The van der Waals surface area contributed by atoms with E-state index in [-0.39, 0.29) is 11.9 Å². The van der Waals surface area contributed by atoms with Crippen LogP contribution in [0.3, 0.4) is 0 Å². The largest absolute Gasteiger partial charge is 0.367 e. The minimum atomic E-state index is -0.0949. The molecule has 1 aromatic carbocycles. The molecule has 3 rings (SSSR count). The van der Waals surface area contributed by atoms with Crippen molar-refractivity contribution in [3.8, 4) is 11.3 Å². The van der Waals surface area contributed by atoms with Gasteiger partial charge in [-0.25, -0.2) is 19.9 Å². The Morgan fingerprint density at radius 1 is 1.14 bits per heavy atom. The van der Waals surface area contributed by atoms with E-state index in [1.54, 1.807) is 23.5 Å². The molecular formula is C21H23BrN6O. The Hall–Kier alpha value is -2.87. The number of aromatic nitrogens is 4. The number of anilines is 1. The molecule has 8 heteroatoms. The molecule has 1 atom stereocenters. The van der Waals surface area contributed by atoms with E-state index in [0.717, 1.165) is 5.56 Å². The highest BCUT2D eigenvalue weighted by atomic mass is 79.9. The van der Waals surface area contributed by atoms with Crippen LogP contribution >= 0.6 is 15.9 Å². The maximum Gasteiger partial charge on any atom is 0.257 e. The Kier molecular flexibility index (Phi) is 6.87. The smallest absolute Gasteiger partial charge is 0.257 e. The molecule has 0 saturated carbocycles. The van der Waals surface area contributed by atoms with Gasteiger partial charge >= 0.3 is 0 Å². The first-order valence-electron chi connectivity index (χ1n) is 9.41. The van der Waals surface area contributed by atoms with Crippen molar-refractivity contribution in [3.05, 3.63) is 64.9 Å². The number of nitrogens with one attached hydrogen (secondary N) is 1. The van der Waals surface area contributed by atoms with Crippen molar-refractivity contribution < 1.29 is 4.79 Å². The number of halogens is 1. The summed E-state index contributed by atoms with van der Waals surface area (Å²) in [4.78, 5) is 32.4. The summed E-state index contributed by atoms with van der Waals surface area (Å²) in [6, 6.07) is 9.64. The molecule has 0 saturated heterocycles. The van der Waals surface area contributed by atoms with Crippen molar-refractivity contribution in [3.63, 3.8) is 0 Å². The molecule has 3 aromatic rings. The second kappa shape index (κ2) is 9.56. The molecule has 29 heavy (non-hydrogen) atoms. The summed E-state index contributed by atoms with van der Waals surface area (Å²) >= 11 is 3.27. The van der Waals surface area contributed by atoms with Gasteiger partial charge in [0.05, 0.1) is 23.7 Å². The summed E-state index contributed by atoms with van der Waals surface area (Å²) in [7, 11) is 0. The van der Waals surface area contributed by atoms with Crippen LogP contribution < -0.4 is 5.32 Å². The lowest BCUT2D eigenvalue weighted by atomic mass is 10.1. The van der Waals surface area contributed by atoms with Crippen LogP contribution in [0, 0.1) is 6.92 Å². The third-order valence-electron chi connectivity index (χ3n) is 4.52. The van der Waals surface area contributed by atoms with E-state index >= 15 is 0 Å². The Morgan fingerprint density at radius 3 is 2.55 bits per heavy atom. The first-order valence-corrected chi connectivity index (χ1v) is 10.2. The summed E-state index contributed by atoms with van der Waals surface area (Å²) in [5.74, 6) is 1.20. The normalized spacial score (nSPS) is 11.7. The second-order valence-corrected chi connectivity index (χ2v) is 7.40. The summed E-state index contributed by atoms with van der Waals surface area (Å²) in [6.07, 6.45) is 4.90. The summed E-state index contributed by atoms with van der Waals surface area (Å²) in [6.45, 7) is 6.89. The van der Waals surface area contributed by atoms with Crippen molar-refractivity contribution in [1.29, 1.82) is 0 Å². The minimum Gasteiger partial charge on any atom is -0.367 e. The lowest BCUT2D eigenvalue weighted by Crippen LogP contribution is -2.42. The Bertz CT molecular complexity index is 965. The third-order valence-corrected chi connectivity index (χ3v) is 4.93. The van der Waals surface area contributed by atoms with Gasteiger partial charge in [0, 0.05) is 30.9 Å². The van der Waals surface area contributed by atoms with Crippen LogP contribution in [0.4, 0.5) is 5.82 Å². The van der Waals surface area contributed by atoms with Crippen LogP contribution in [-0.4, -0.2) is 49.9 Å². The third kappa shape index (κ3) is 5.14. The zero-order chi connectivity index (χ0) is 20.8. The molecule has 0 unspecified atom stereocenters. The summed E-state index contributed by atoms with van der Waals surface area (Å²) in [5, 5.41) is 3.23. The number of amides is 1. The lowest BCUT2D eigenvalue weighted by Gasteiger charge is -2.29. The van der Waals surface area contributed by atoms with E-state index in [1.807, 2.05) is 51.1 Å². The number of rotatable bonds is 7. The highest BCUT2D eigenvalue weighted by Gasteiger charge is 2.24. The number of hydrogen-bond acceptors (Lipinski definition) is 6. The minimum absolute atomic E-state index is 0.0668. The number of hydrogen-bond donors (Lipinski definition) is 1. The van der Waals surface area contributed by atoms with Crippen LogP contribution in [0.2, 0.25) is 0 Å². The number of benzene rings is 1. The fourth-order valence-corrected chi connectivity index (χ4v) is 3.22. The Labute approximate surface area is 178 Å². The van der Waals surface area contributed by atoms with Crippen molar-refractivity contribution in [2.75, 3.05) is 18.4 Å². The zero-order valence-corrected chi connectivity index (χ0v) is 18.2. The molecule has 2 aromatic heterocycles. The van der Waals surface area contributed by atoms with Gasteiger partial charge in [0.2, 0.25) is 0 Å². The van der Waals surface area contributed by atoms with Crippen LogP contribution in [-0.2, 0) is 0 Å². The summed E-state index contributed by atoms with van der Waals surface area (Å²) in [5.41, 5.74) is 2.05. The average Bonchev–Trinajstić information content (AvgIpc) is 2.74. The molecule has 0 spiro atoms. The second-order valence-electron chi connectivity index (χ2n) is 6.59. The van der Waals surface area contributed by atoms with Crippen molar-refractivity contribution in [2.45, 2.75) is 26.8 Å². The molecule has 150 valence electrons. The first kappa shape index (κ1) is 20.9. The number of carbonyl (C=O) groups excluding carboxylic acids is 1. The fourth-order valence-electron chi connectivity index (χ4n) is 3.02. The topological polar surface area (TPSA) is 83.9 Å². The predicted octanol–water partition coefficient (Wildman–Crippen LogP) is 3.97. The van der Waals surface area contributed by atoms with E-state index in [1.165, 1.54) is 0 Å². The molecule has 0 aliphatic rings. The molecule has 1 N–H and O–H groups in total. The maximum atomic E-state index is 13.4. The molecule has 2 heterocycles. The highest BCUT2D eigenvalue weighted by Crippen LogP contribution is 2.23. The van der Waals surface area contributed by atoms with E-state index in [4.69, 9.17) is 0 Å². The number of nitrogens with zero attached hydrogens (tertiary/aromatic N) is 5. The van der Waals surface area contributed by atoms with Crippen LogP contribution in [0.1, 0.15) is 30.0 Å². The molecule has 0 aliphatic heterocycles. The van der Waals surface area contributed by atoms with Crippen LogP contribution in [0.15, 0.2) is 53.5 Å². The number of carbonyl (C=O) groups is 1. The molecule has 7 nitrogen and oxygen atoms in total. The zero-order valence-electron chi connectivity index (χ0n) is 16.6. The number of aryl methyl sites for hydroxylation is 1. The monoisotopic (exact) mass is 454 g/mol. The maximum absolute atomic E-state index is 13.4. The molecule has 0 fully saturated rings. The van der Waals surface area contributed by atoms with Gasteiger partial charge in [-0.2, -0.15) is 0 Å². The molecule has 0 radical (unpaired) electrons. The van der Waals surface area contributed by atoms with Crippen molar-refractivity contribution in [2.24, 2.45) is 0 Å². The SMILES string of the molecule is CCN(C(=O)c1cnc(C)nc1-c1ccccc1)[C@@H](C)CNc1cnc(Br)cn1. The quantitative estimate of drug-likeness (QED) is 0.581. The predicted molar refractivity (Wildman–Crippen MR) is 117 cm³/mol. The van der Waals surface area contributed by atoms with Gasteiger partial charge in [-0.3, -0.25) is 4.79 Å². The fraction of sp³-hybridized carbons (Fsp3) is 0.286. The van der Waals surface area contributed by atoms with Gasteiger partial charge in [-0.05, 0) is 36.7 Å². The standard InChI is InChI=1S/C21H23BrN6O/c1-4-28(14(2)10-25-19-13-24-18(22)12-26-19)21(29)17-11-23-15(3)27-20(17)16-8-6-5-7-9-16/h5-9,11-14H,4,10H2,1-3H3,(H,25,26)/t14-/m0/s1. The number of likely N-dealkylation sites (N-methyl/N-ethyl adjacent to an activating group) is 1. The van der Waals surface area contributed by atoms with Crippen LogP contribution in [0.25, 0.3) is 11.3 Å². The van der Waals surface area contributed by atoms with Crippen molar-refractivity contribution in [1.82, 2.24) is 24.8 Å². The van der Waals surface area contributed by atoms with Gasteiger partial charge in [0.25, 0.3) is 5.91 Å². The van der Waals surface area contributed by atoms with Gasteiger partial charge < -0.3 is 10.2 Å². The Balaban J connectivity index is 1.81. The summed E-state index contributed by atoms with van der Waals surface area (Å²) < 4.78 is 0.675. The van der Waals surface area contributed by atoms with Gasteiger partial charge in [0.1, 0.15) is 16.2 Å². The lowest BCUT2D eigenvalue weighted by molar-refractivity contribution is 0.0712. The molecule has 0 bridgehead atoms. The van der Waals surface area contributed by atoms with E-state index < -0.39 is 0 Å². The Morgan fingerprint density at radius 2 is 1.90 bits per heavy atom.